The van der Waals surface area contributed by atoms with Crippen LogP contribution < -0.4 is 5.73 Å². The summed E-state index contributed by atoms with van der Waals surface area (Å²) in [5.74, 6) is 0.815. The standard InChI is InChI=1S/C19H21N4O13P3/c20-18-17-11-6-10(14-2-1-5-32-14)3-4-12(11)23(19(17)22-9-21-18)16-7-13(24)15(34-16)8-33-38(28,29)36-39(30,31)35-37(25,26)27/h1-6,9,13,15-16,24H,7-8H2,(H,28,29)(H,30,31)(H2,20,21,22)(H2,25,26,27)/t13-,15+,16+/m0/s1. The van der Waals surface area contributed by atoms with Crippen molar-refractivity contribution in [3.05, 3.63) is 42.9 Å². The van der Waals surface area contributed by atoms with E-state index in [1.54, 1.807) is 28.8 Å². The van der Waals surface area contributed by atoms with Crippen molar-refractivity contribution >= 4 is 51.2 Å². The van der Waals surface area contributed by atoms with E-state index in [-0.39, 0.29) is 12.2 Å². The lowest BCUT2D eigenvalue weighted by Crippen LogP contribution is -2.26. The fourth-order valence-electron chi connectivity index (χ4n) is 4.27. The van der Waals surface area contributed by atoms with E-state index in [4.69, 9.17) is 24.7 Å². The number of furan rings is 1. The molecule has 1 aliphatic heterocycles. The van der Waals surface area contributed by atoms with Gasteiger partial charge in [0, 0.05) is 17.4 Å². The van der Waals surface area contributed by atoms with Gasteiger partial charge in [-0.25, -0.2) is 23.7 Å². The molecule has 7 N–H and O–H groups in total. The van der Waals surface area contributed by atoms with Crippen LogP contribution in [0.15, 0.2) is 47.3 Å². The fourth-order valence-corrected chi connectivity index (χ4v) is 7.30. The number of fused-ring (bicyclic) bond motifs is 3. The van der Waals surface area contributed by atoms with Gasteiger partial charge in [-0.1, -0.05) is 0 Å². The highest BCUT2D eigenvalue weighted by Gasteiger charge is 2.43. The number of phosphoric acid groups is 3. The predicted molar refractivity (Wildman–Crippen MR) is 131 cm³/mol. The van der Waals surface area contributed by atoms with Gasteiger partial charge >= 0.3 is 23.5 Å². The van der Waals surface area contributed by atoms with Crippen LogP contribution in [0.4, 0.5) is 5.82 Å². The lowest BCUT2D eigenvalue weighted by Gasteiger charge is -2.19. The van der Waals surface area contributed by atoms with Crippen LogP contribution in [-0.2, 0) is 31.6 Å². The third kappa shape index (κ3) is 6.00. The zero-order valence-electron chi connectivity index (χ0n) is 19.5. The highest BCUT2D eigenvalue weighted by molar-refractivity contribution is 7.66. The summed E-state index contributed by atoms with van der Waals surface area (Å²) < 4.78 is 59.4. The van der Waals surface area contributed by atoms with Crippen molar-refractivity contribution in [3.63, 3.8) is 0 Å². The molecule has 3 aromatic heterocycles. The van der Waals surface area contributed by atoms with E-state index in [2.05, 4.69) is 23.1 Å². The number of hydrogen-bond donors (Lipinski definition) is 6. The van der Waals surface area contributed by atoms with E-state index in [0.29, 0.717) is 27.7 Å². The summed E-state index contributed by atoms with van der Waals surface area (Å²) in [5, 5.41) is 11.8. The van der Waals surface area contributed by atoms with Crippen LogP contribution in [0.5, 0.6) is 0 Å². The molecule has 1 fully saturated rings. The molecule has 0 spiro atoms. The topological polar surface area (TPSA) is 259 Å². The molecule has 4 heterocycles. The number of benzene rings is 1. The van der Waals surface area contributed by atoms with Gasteiger partial charge in [0.2, 0.25) is 0 Å². The normalized spacial score (nSPS) is 23.3. The first-order chi connectivity index (χ1) is 18.2. The minimum Gasteiger partial charge on any atom is -0.464 e. The first-order valence-corrected chi connectivity index (χ1v) is 15.4. The third-order valence-corrected chi connectivity index (χ3v) is 9.53. The highest BCUT2D eigenvalue weighted by atomic mass is 31.3. The van der Waals surface area contributed by atoms with E-state index in [1.807, 2.05) is 6.07 Å². The number of nitrogens with two attached hydrogens (primary N) is 1. The van der Waals surface area contributed by atoms with Gasteiger partial charge in [-0.2, -0.15) is 8.62 Å². The third-order valence-electron chi connectivity index (χ3n) is 5.73. The van der Waals surface area contributed by atoms with Crippen molar-refractivity contribution in [2.75, 3.05) is 12.3 Å². The lowest BCUT2D eigenvalue weighted by atomic mass is 10.1. The first-order valence-electron chi connectivity index (χ1n) is 10.9. The van der Waals surface area contributed by atoms with E-state index < -0.39 is 48.5 Å². The van der Waals surface area contributed by atoms with Gasteiger partial charge < -0.3 is 39.6 Å². The van der Waals surface area contributed by atoms with Gasteiger partial charge in [0.25, 0.3) is 0 Å². The first kappa shape index (κ1) is 28.1. The highest BCUT2D eigenvalue weighted by Crippen LogP contribution is 2.66. The molecule has 2 unspecified atom stereocenters. The smallest absolute Gasteiger partial charge is 0.464 e. The molecule has 0 radical (unpaired) electrons. The maximum Gasteiger partial charge on any atom is 0.490 e. The van der Waals surface area contributed by atoms with Crippen molar-refractivity contribution in [2.24, 2.45) is 0 Å². The molecule has 0 saturated carbocycles. The number of anilines is 1. The van der Waals surface area contributed by atoms with E-state index in [9.17, 15) is 28.6 Å². The molecule has 5 atom stereocenters. The summed E-state index contributed by atoms with van der Waals surface area (Å²) >= 11 is 0. The van der Waals surface area contributed by atoms with Gasteiger partial charge in [0.15, 0.2) is 0 Å². The van der Waals surface area contributed by atoms with Crippen molar-refractivity contribution in [3.8, 4) is 11.3 Å². The Morgan fingerprint density at radius 3 is 2.54 bits per heavy atom. The Morgan fingerprint density at radius 2 is 1.85 bits per heavy atom. The van der Waals surface area contributed by atoms with Gasteiger partial charge in [0.1, 0.15) is 35.9 Å². The summed E-state index contributed by atoms with van der Waals surface area (Å²) in [6.45, 7) is -0.807. The molecule has 1 aromatic carbocycles. The molecule has 20 heteroatoms. The molecule has 0 amide bonds. The van der Waals surface area contributed by atoms with E-state index >= 15 is 0 Å². The molecule has 210 valence electrons. The monoisotopic (exact) mass is 606 g/mol. The zero-order chi connectivity index (χ0) is 28.2. The van der Waals surface area contributed by atoms with Crippen LogP contribution in [0.3, 0.4) is 0 Å². The molecule has 0 aliphatic carbocycles. The maximum absolute atomic E-state index is 12.1. The van der Waals surface area contributed by atoms with Crippen LogP contribution in [0.25, 0.3) is 33.3 Å². The Kier molecular flexibility index (Phi) is 7.31. The molecule has 4 aromatic rings. The van der Waals surface area contributed by atoms with Gasteiger partial charge in [-0.05, 0) is 30.3 Å². The average molecular weight is 606 g/mol. The summed E-state index contributed by atoms with van der Waals surface area (Å²) in [7, 11) is -16.6. The number of aliphatic hydroxyl groups excluding tert-OH is 1. The van der Waals surface area contributed by atoms with Crippen molar-refractivity contribution in [2.45, 2.75) is 24.9 Å². The zero-order valence-corrected chi connectivity index (χ0v) is 22.1. The second-order valence-corrected chi connectivity index (χ2v) is 12.8. The molecular weight excluding hydrogens is 585 g/mol. The molecule has 5 rings (SSSR count). The number of phosphoric ester groups is 1. The SMILES string of the molecule is Nc1ncnc2c1c1cc(-c3ccco3)ccc1n2[C@H]1C[C@H](O)[C@@H](COP(=O)(O)OP(=O)(O)OP(=O)(O)O)O1. The number of hydrogen-bond acceptors (Lipinski definition) is 12. The van der Waals surface area contributed by atoms with Crippen LogP contribution in [0.2, 0.25) is 0 Å². The van der Waals surface area contributed by atoms with Crippen molar-refractivity contribution < 1.29 is 60.7 Å². The molecule has 1 saturated heterocycles. The van der Waals surface area contributed by atoms with E-state index in [1.165, 1.54) is 12.6 Å². The minimum absolute atomic E-state index is 0.0207. The average Bonchev–Trinajstić information content (AvgIpc) is 3.52. The number of aliphatic hydroxyl groups is 1. The largest absolute Gasteiger partial charge is 0.490 e. The fraction of sp³-hybridized carbons (Fsp3) is 0.263. The lowest BCUT2D eigenvalue weighted by molar-refractivity contribution is -0.0409. The molecule has 17 nitrogen and oxygen atoms in total. The summed E-state index contributed by atoms with van der Waals surface area (Å²) in [6.07, 6.45) is -0.550. The molecule has 39 heavy (non-hydrogen) atoms. The number of aromatic nitrogens is 3. The second kappa shape index (κ2) is 10.2. The van der Waals surface area contributed by atoms with Gasteiger partial charge in [0.05, 0.1) is 29.9 Å². The second-order valence-electron chi connectivity index (χ2n) is 8.36. The number of ether oxygens (including phenoxy) is 1. The molecule has 1 aliphatic rings. The quantitative estimate of drug-likeness (QED) is 0.149. The number of rotatable bonds is 9. The maximum atomic E-state index is 12.1. The van der Waals surface area contributed by atoms with Crippen molar-refractivity contribution in [1.29, 1.82) is 0 Å². The van der Waals surface area contributed by atoms with Crippen LogP contribution in [0, 0.1) is 0 Å². The molecule has 0 bridgehead atoms. The van der Waals surface area contributed by atoms with Crippen LogP contribution in [-0.4, -0.2) is 58.0 Å². The van der Waals surface area contributed by atoms with E-state index in [0.717, 1.165) is 5.56 Å². The molecular formula is C19H21N4O13P3. The Bertz CT molecular complexity index is 1670. The Labute approximate surface area is 218 Å². The predicted octanol–water partition coefficient (Wildman–Crippen LogP) is 2.42. The summed E-state index contributed by atoms with van der Waals surface area (Å²) in [6, 6.07) is 8.96. The van der Waals surface area contributed by atoms with Crippen LogP contribution in [0.1, 0.15) is 12.6 Å². The summed E-state index contributed by atoms with van der Waals surface area (Å²) in [4.78, 5) is 44.7. The van der Waals surface area contributed by atoms with Crippen molar-refractivity contribution in [1.82, 2.24) is 14.5 Å². The van der Waals surface area contributed by atoms with Gasteiger partial charge in [-0.15, -0.1) is 0 Å². The van der Waals surface area contributed by atoms with Crippen LogP contribution >= 0.6 is 23.5 Å². The summed E-state index contributed by atoms with van der Waals surface area (Å²) in [5.41, 5.74) is 7.94. The number of nitrogens with zero attached hydrogens (tertiary/aromatic N) is 3. The Balaban J connectivity index is 1.40. The number of nitrogen functional groups attached to an aromatic ring is 1. The van der Waals surface area contributed by atoms with Gasteiger partial charge in [-0.3, -0.25) is 9.09 Å². The minimum atomic E-state index is -5.69. The Morgan fingerprint density at radius 1 is 1.08 bits per heavy atom. The Hall–Kier alpha value is -2.49.